The molecule has 1 atom stereocenters. The van der Waals surface area contributed by atoms with Crippen LogP contribution in [0.3, 0.4) is 0 Å². The molecule has 2 heterocycles. The number of hydrogen-bond donors (Lipinski definition) is 0. The summed E-state index contributed by atoms with van der Waals surface area (Å²) >= 11 is 0. The normalized spacial score (nSPS) is 19.4. The minimum Gasteiger partial charge on any atom is -0.383 e. The van der Waals surface area contributed by atoms with E-state index in [0.717, 1.165) is 44.8 Å². The Morgan fingerprint density at radius 3 is 2.79 bits per heavy atom. The number of aromatic nitrogens is 2. The van der Waals surface area contributed by atoms with E-state index in [9.17, 15) is 13.2 Å². The van der Waals surface area contributed by atoms with Crippen LogP contribution in [0, 0.1) is 12.8 Å². The molecule has 0 radical (unpaired) electrons. The molecule has 0 amide bonds. The number of halogens is 3. The zero-order chi connectivity index (χ0) is 17.7. The van der Waals surface area contributed by atoms with Gasteiger partial charge in [-0.1, -0.05) is 0 Å². The Morgan fingerprint density at radius 2 is 2.17 bits per heavy atom. The Kier molecular flexibility index (Phi) is 6.54. The number of ether oxygens (including phenoxy) is 1. The molecule has 0 bridgehead atoms. The number of aryl methyl sites for hydroxylation is 1. The van der Waals surface area contributed by atoms with Gasteiger partial charge < -0.3 is 14.5 Å². The van der Waals surface area contributed by atoms with E-state index in [-0.39, 0.29) is 0 Å². The highest BCUT2D eigenvalue weighted by atomic mass is 19.4. The first-order chi connectivity index (χ1) is 11.3. The summed E-state index contributed by atoms with van der Waals surface area (Å²) < 4.78 is 42.9. The maximum atomic E-state index is 12.6. The highest BCUT2D eigenvalue weighted by Gasteiger charge is 2.34. The van der Waals surface area contributed by atoms with E-state index in [1.165, 1.54) is 6.20 Å². The van der Waals surface area contributed by atoms with Gasteiger partial charge in [0, 0.05) is 50.7 Å². The van der Waals surface area contributed by atoms with Crippen molar-refractivity contribution >= 4 is 0 Å². The Morgan fingerprint density at radius 1 is 1.42 bits per heavy atom. The van der Waals surface area contributed by atoms with Gasteiger partial charge in [-0.05, 0) is 32.9 Å². The van der Waals surface area contributed by atoms with Crippen LogP contribution in [0.1, 0.15) is 23.5 Å². The molecule has 5 nitrogen and oxygen atoms in total. The number of likely N-dealkylation sites (tertiary alicyclic amines) is 1. The van der Waals surface area contributed by atoms with Crippen molar-refractivity contribution in [2.24, 2.45) is 5.92 Å². The number of rotatable bonds is 7. The number of alkyl halides is 3. The van der Waals surface area contributed by atoms with E-state index in [0.29, 0.717) is 18.2 Å². The first-order valence-corrected chi connectivity index (χ1v) is 8.09. The molecule has 1 aliphatic heterocycles. The van der Waals surface area contributed by atoms with Gasteiger partial charge in [0.15, 0.2) is 0 Å². The van der Waals surface area contributed by atoms with Gasteiger partial charge in [0.2, 0.25) is 5.82 Å². The summed E-state index contributed by atoms with van der Waals surface area (Å²) in [6, 6.07) is 0. The van der Waals surface area contributed by atoms with Crippen molar-refractivity contribution in [3.8, 4) is 0 Å². The zero-order valence-electron chi connectivity index (χ0n) is 14.4. The minimum absolute atomic E-state index is 0.386. The lowest BCUT2D eigenvalue weighted by atomic mass is 10.1. The second kappa shape index (κ2) is 8.22. The molecule has 2 rings (SSSR count). The van der Waals surface area contributed by atoms with Crippen LogP contribution in [0.4, 0.5) is 13.2 Å². The van der Waals surface area contributed by atoms with Gasteiger partial charge in [-0.15, -0.1) is 0 Å². The van der Waals surface area contributed by atoms with Crippen molar-refractivity contribution in [3.63, 3.8) is 0 Å². The van der Waals surface area contributed by atoms with E-state index in [1.54, 1.807) is 14.0 Å². The number of hydrogen-bond acceptors (Lipinski definition) is 5. The lowest BCUT2D eigenvalue weighted by Crippen LogP contribution is -2.29. The van der Waals surface area contributed by atoms with Gasteiger partial charge in [-0.25, -0.2) is 9.97 Å². The fraction of sp³-hybridized carbons (Fsp3) is 0.750. The smallest absolute Gasteiger partial charge is 0.383 e. The van der Waals surface area contributed by atoms with Gasteiger partial charge in [0.1, 0.15) is 0 Å². The van der Waals surface area contributed by atoms with Crippen LogP contribution >= 0.6 is 0 Å². The molecule has 24 heavy (non-hydrogen) atoms. The van der Waals surface area contributed by atoms with Crippen molar-refractivity contribution < 1.29 is 17.9 Å². The van der Waals surface area contributed by atoms with Crippen LogP contribution in [0.5, 0.6) is 0 Å². The maximum absolute atomic E-state index is 12.6. The fourth-order valence-electron chi connectivity index (χ4n) is 3.07. The topological polar surface area (TPSA) is 41.5 Å². The second-order valence-electron chi connectivity index (χ2n) is 6.45. The third kappa shape index (κ3) is 5.39. The SMILES string of the molecule is COCCN1CC[C@@H](CN(C)Cc2cnc(C(F)(F)F)nc2C)C1. The van der Waals surface area contributed by atoms with Crippen LogP contribution in [0.15, 0.2) is 6.20 Å². The summed E-state index contributed by atoms with van der Waals surface area (Å²) in [5.41, 5.74) is 1.12. The maximum Gasteiger partial charge on any atom is 0.451 e. The van der Waals surface area contributed by atoms with Crippen LogP contribution in [-0.4, -0.2) is 66.7 Å². The summed E-state index contributed by atoms with van der Waals surface area (Å²) in [5, 5.41) is 0. The molecular weight excluding hydrogens is 321 g/mol. The average Bonchev–Trinajstić information content (AvgIpc) is 2.93. The van der Waals surface area contributed by atoms with Gasteiger partial charge in [-0.3, -0.25) is 0 Å². The fourth-order valence-corrected chi connectivity index (χ4v) is 3.07. The van der Waals surface area contributed by atoms with Gasteiger partial charge in [-0.2, -0.15) is 13.2 Å². The zero-order valence-corrected chi connectivity index (χ0v) is 14.4. The van der Waals surface area contributed by atoms with Crippen molar-refractivity contribution in [2.75, 3.05) is 46.9 Å². The van der Waals surface area contributed by atoms with Crippen molar-refractivity contribution in [3.05, 3.63) is 23.3 Å². The third-order valence-electron chi connectivity index (χ3n) is 4.33. The van der Waals surface area contributed by atoms with Crippen LogP contribution < -0.4 is 0 Å². The first-order valence-electron chi connectivity index (χ1n) is 8.09. The predicted molar refractivity (Wildman–Crippen MR) is 84.5 cm³/mol. The standard InChI is InChI=1S/C16H25F3N4O/c1-12-14(8-20-15(21-12)16(17,18)19)11-22(2)9-13-4-5-23(10-13)6-7-24-3/h8,13H,4-7,9-11H2,1-3H3/t13-/m0/s1. The third-order valence-corrected chi connectivity index (χ3v) is 4.33. The summed E-state index contributed by atoms with van der Waals surface area (Å²) in [4.78, 5) is 11.6. The van der Waals surface area contributed by atoms with Gasteiger partial charge >= 0.3 is 6.18 Å². The molecule has 1 fully saturated rings. The van der Waals surface area contributed by atoms with Crippen molar-refractivity contribution in [1.82, 2.24) is 19.8 Å². The molecule has 0 unspecified atom stereocenters. The molecule has 136 valence electrons. The summed E-state index contributed by atoms with van der Waals surface area (Å²) in [5.74, 6) is -0.501. The minimum atomic E-state index is -4.50. The molecule has 0 aliphatic carbocycles. The Hall–Kier alpha value is -1.25. The summed E-state index contributed by atoms with van der Waals surface area (Å²) in [7, 11) is 3.69. The molecule has 0 spiro atoms. The monoisotopic (exact) mass is 346 g/mol. The Bertz CT molecular complexity index is 539. The van der Waals surface area contributed by atoms with E-state index < -0.39 is 12.0 Å². The molecular formula is C16H25F3N4O. The second-order valence-corrected chi connectivity index (χ2v) is 6.45. The highest BCUT2D eigenvalue weighted by Crippen LogP contribution is 2.26. The first kappa shape index (κ1) is 19.1. The quantitative estimate of drug-likeness (QED) is 0.757. The van der Waals surface area contributed by atoms with E-state index >= 15 is 0 Å². The van der Waals surface area contributed by atoms with E-state index in [4.69, 9.17) is 4.74 Å². The molecule has 0 saturated carbocycles. The molecule has 0 N–H and O–H groups in total. The molecule has 1 aliphatic rings. The lowest BCUT2D eigenvalue weighted by molar-refractivity contribution is -0.145. The summed E-state index contributed by atoms with van der Waals surface area (Å²) in [6.07, 6.45) is -2.07. The Labute approximate surface area is 140 Å². The van der Waals surface area contributed by atoms with Crippen molar-refractivity contribution in [1.29, 1.82) is 0 Å². The van der Waals surface area contributed by atoms with Gasteiger partial charge in [0.25, 0.3) is 0 Å². The average molecular weight is 346 g/mol. The molecule has 0 aromatic carbocycles. The van der Waals surface area contributed by atoms with E-state index in [1.807, 2.05) is 7.05 Å². The van der Waals surface area contributed by atoms with Crippen molar-refractivity contribution in [2.45, 2.75) is 26.1 Å². The van der Waals surface area contributed by atoms with Crippen LogP contribution in [0.2, 0.25) is 0 Å². The summed E-state index contributed by atoms with van der Waals surface area (Å²) in [6.45, 7) is 6.86. The van der Waals surface area contributed by atoms with Gasteiger partial charge in [0.05, 0.1) is 6.61 Å². The molecule has 8 heteroatoms. The predicted octanol–water partition coefficient (Wildman–Crippen LogP) is 2.20. The van der Waals surface area contributed by atoms with E-state index in [2.05, 4.69) is 19.8 Å². The molecule has 1 aromatic rings. The largest absolute Gasteiger partial charge is 0.451 e. The molecule has 1 saturated heterocycles. The Balaban J connectivity index is 1.86. The van der Waals surface area contributed by atoms with Crippen LogP contribution in [-0.2, 0) is 17.5 Å². The van der Waals surface area contributed by atoms with Crippen LogP contribution in [0.25, 0.3) is 0 Å². The number of nitrogens with zero attached hydrogens (tertiary/aromatic N) is 4. The number of methoxy groups -OCH3 is 1. The highest BCUT2D eigenvalue weighted by molar-refractivity contribution is 5.16. The molecule has 1 aromatic heterocycles. The lowest BCUT2D eigenvalue weighted by Gasteiger charge is -2.22.